The molecule has 3 aromatic rings. The molecule has 0 aliphatic carbocycles. The van der Waals surface area contributed by atoms with Crippen molar-refractivity contribution in [1.29, 1.82) is 0 Å². The van der Waals surface area contributed by atoms with Crippen LogP contribution in [-0.4, -0.2) is 15.9 Å². The first-order valence-electron chi connectivity index (χ1n) is 8.67. The monoisotopic (exact) mass is 385 g/mol. The van der Waals surface area contributed by atoms with Gasteiger partial charge in [-0.2, -0.15) is 13.2 Å². The molecule has 0 saturated carbocycles. The number of carbonyl (C=O) groups is 1. The maximum absolute atomic E-state index is 12.8. The predicted molar refractivity (Wildman–Crippen MR) is 99.5 cm³/mol. The van der Waals surface area contributed by atoms with Crippen LogP contribution in [0.25, 0.3) is 11.1 Å². The zero-order valence-corrected chi connectivity index (χ0v) is 14.9. The van der Waals surface area contributed by atoms with Crippen molar-refractivity contribution >= 4 is 5.78 Å². The Balaban J connectivity index is 1.74. The topological polar surface area (TPSA) is 50.2 Å². The highest BCUT2D eigenvalue weighted by atomic mass is 19.4. The second-order valence-corrected chi connectivity index (χ2v) is 6.48. The lowest BCUT2D eigenvalue weighted by Crippen LogP contribution is -2.09. The number of hydrogen-bond donors (Lipinski definition) is 1. The van der Waals surface area contributed by atoms with Gasteiger partial charge in [0.25, 0.3) is 0 Å². The smallest absolute Gasteiger partial charge is 0.392 e. The first-order valence-corrected chi connectivity index (χ1v) is 8.67. The van der Waals surface area contributed by atoms with Crippen LogP contribution in [0.2, 0.25) is 0 Å². The average Bonchev–Trinajstić information content (AvgIpc) is 2.68. The maximum Gasteiger partial charge on any atom is 0.416 e. The van der Waals surface area contributed by atoms with Crippen molar-refractivity contribution in [3.05, 3.63) is 89.2 Å². The predicted octanol–water partition coefficient (Wildman–Crippen LogP) is 4.61. The molecular weight excluding hydrogens is 367 g/mol. The van der Waals surface area contributed by atoms with Gasteiger partial charge in [0.05, 0.1) is 12.2 Å². The van der Waals surface area contributed by atoms with Crippen LogP contribution in [0.5, 0.6) is 0 Å². The van der Waals surface area contributed by atoms with Crippen LogP contribution in [0.15, 0.2) is 67.0 Å². The lowest BCUT2D eigenvalue weighted by molar-refractivity contribution is -0.137. The minimum absolute atomic E-state index is 0.0789. The Bertz CT molecular complexity index is 969. The molecule has 0 amide bonds. The molecule has 0 saturated heterocycles. The van der Waals surface area contributed by atoms with Gasteiger partial charge in [-0.25, -0.2) is 0 Å². The van der Waals surface area contributed by atoms with Crippen LogP contribution in [-0.2, 0) is 30.4 Å². The third-order valence-electron chi connectivity index (χ3n) is 4.39. The summed E-state index contributed by atoms with van der Waals surface area (Å²) in [7, 11) is 0. The van der Waals surface area contributed by atoms with E-state index < -0.39 is 11.7 Å². The third kappa shape index (κ3) is 4.84. The summed E-state index contributed by atoms with van der Waals surface area (Å²) in [6.07, 6.45) is -1.12. The number of ketones is 1. The van der Waals surface area contributed by atoms with Gasteiger partial charge in [-0.15, -0.1) is 0 Å². The number of rotatable bonds is 6. The fourth-order valence-corrected chi connectivity index (χ4v) is 3.08. The quantitative estimate of drug-likeness (QED) is 0.674. The van der Waals surface area contributed by atoms with Crippen LogP contribution in [0.1, 0.15) is 22.3 Å². The first-order chi connectivity index (χ1) is 13.4. The van der Waals surface area contributed by atoms with Gasteiger partial charge in [-0.3, -0.25) is 9.78 Å². The molecule has 6 heteroatoms. The van der Waals surface area contributed by atoms with E-state index in [4.69, 9.17) is 0 Å². The normalized spacial score (nSPS) is 11.4. The molecule has 1 heterocycles. The second-order valence-electron chi connectivity index (χ2n) is 6.48. The Morgan fingerprint density at radius 1 is 0.929 bits per heavy atom. The SMILES string of the molecule is O=C(Cc1cccc(C(F)(F)F)c1)Cc1ccc(-c2ccncc2)c(CO)c1. The van der Waals surface area contributed by atoms with Crippen LogP contribution in [0.3, 0.4) is 0 Å². The highest BCUT2D eigenvalue weighted by Crippen LogP contribution is 2.30. The molecule has 0 atom stereocenters. The van der Waals surface area contributed by atoms with E-state index in [0.717, 1.165) is 23.3 Å². The minimum Gasteiger partial charge on any atom is -0.392 e. The standard InChI is InChI=1S/C22H18F3NO2/c23-22(24,25)19-3-1-2-15(11-19)12-20(28)13-16-4-5-21(18(10-16)14-27)17-6-8-26-9-7-17/h1-11,27H,12-14H2. The van der Waals surface area contributed by atoms with Gasteiger partial charge in [-0.05, 0) is 46.0 Å². The van der Waals surface area contributed by atoms with Crippen LogP contribution < -0.4 is 0 Å². The number of nitrogens with zero attached hydrogens (tertiary/aromatic N) is 1. The fraction of sp³-hybridized carbons (Fsp3) is 0.182. The number of pyridine rings is 1. The summed E-state index contributed by atoms with van der Waals surface area (Å²) in [5, 5.41) is 9.67. The summed E-state index contributed by atoms with van der Waals surface area (Å²) < 4.78 is 38.4. The van der Waals surface area contributed by atoms with Crippen molar-refractivity contribution in [3.8, 4) is 11.1 Å². The van der Waals surface area contributed by atoms with E-state index in [2.05, 4.69) is 4.98 Å². The van der Waals surface area contributed by atoms with Crippen molar-refractivity contribution in [2.75, 3.05) is 0 Å². The maximum atomic E-state index is 12.8. The van der Waals surface area contributed by atoms with Crippen molar-refractivity contribution < 1.29 is 23.1 Å². The summed E-state index contributed by atoms with van der Waals surface area (Å²) >= 11 is 0. The van der Waals surface area contributed by atoms with E-state index in [9.17, 15) is 23.1 Å². The number of halogens is 3. The zero-order chi connectivity index (χ0) is 20.1. The van der Waals surface area contributed by atoms with Gasteiger partial charge in [0.2, 0.25) is 0 Å². The molecule has 2 aromatic carbocycles. The summed E-state index contributed by atoms with van der Waals surface area (Å²) in [6.45, 7) is -0.187. The molecule has 0 radical (unpaired) electrons. The highest BCUT2D eigenvalue weighted by molar-refractivity contribution is 5.83. The molecule has 144 valence electrons. The zero-order valence-electron chi connectivity index (χ0n) is 14.9. The summed E-state index contributed by atoms with van der Waals surface area (Å²) in [5.74, 6) is -0.195. The summed E-state index contributed by atoms with van der Waals surface area (Å²) in [6, 6.07) is 13.8. The van der Waals surface area contributed by atoms with Gasteiger partial charge >= 0.3 is 6.18 Å². The first kappa shape index (κ1) is 19.8. The Labute approximate surface area is 160 Å². The van der Waals surface area contributed by atoms with E-state index >= 15 is 0 Å². The number of benzene rings is 2. The Morgan fingerprint density at radius 2 is 1.61 bits per heavy atom. The van der Waals surface area contributed by atoms with Gasteiger partial charge in [-0.1, -0.05) is 36.4 Å². The van der Waals surface area contributed by atoms with Crippen molar-refractivity contribution in [2.45, 2.75) is 25.6 Å². The summed E-state index contributed by atoms with van der Waals surface area (Å²) in [4.78, 5) is 16.3. The number of carbonyl (C=O) groups excluding carboxylic acids is 1. The third-order valence-corrected chi connectivity index (χ3v) is 4.39. The van der Waals surface area contributed by atoms with Crippen LogP contribution >= 0.6 is 0 Å². The van der Waals surface area contributed by atoms with Crippen molar-refractivity contribution in [1.82, 2.24) is 4.98 Å². The number of aliphatic hydroxyl groups is 1. The van der Waals surface area contributed by atoms with Gasteiger partial charge in [0, 0.05) is 25.2 Å². The van der Waals surface area contributed by atoms with E-state index in [1.807, 2.05) is 18.2 Å². The van der Waals surface area contributed by atoms with Crippen molar-refractivity contribution in [2.24, 2.45) is 0 Å². The van der Waals surface area contributed by atoms with E-state index in [0.29, 0.717) is 16.7 Å². The van der Waals surface area contributed by atoms with Crippen LogP contribution in [0, 0.1) is 0 Å². The number of hydrogen-bond acceptors (Lipinski definition) is 3. The van der Waals surface area contributed by atoms with E-state index in [1.165, 1.54) is 12.1 Å². The molecule has 0 aliphatic rings. The minimum atomic E-state index is -4.43. The number of aromatic nitrogens is 1. The van der Waals surface area contributed by atoms with Gasteiger partial charge in [0.15, 0.2) is 0 Å². The molecule has 0 aliphatic heterocycles. The molecule has 0 bridgehead atoms. The van der Waals surface area contributed by atoms with Gasteiger partial charge in [0.1, 0.15) is 5.78 Å². The number of alkyl halides is 3. The molecule has 1 N–H and O–H groups in total. The number of aliphatic hydroxyl groups excluding tert-OH is 1. The molecule has 28 heavy (non-hydrogen) atoms. The molecule has 0 fully saturated rings. The second kappa shape index (κ2) is 8.35. The van der Waals surface area contributed by atoms with Crippen molar-refractivity contribution in [3.63, 3.8) is 0 Å². The van der Waals surface area contributed by atoms with Gasteiger partial charge < -0.3 is 5.11 Å². The highest BCUT2D eigenvalue weighted by Gasteiger charge is 2.30. The average molecular weight is 385 g/mol. The number of Topliss-reactive ketones (excluding diaryl/α,β-unsaturated/α-hetero) is 1. The largest absolute Gasteiger partial charge is 0.416 e. The molecule has 0 unspecified atom stereocenters. The Kier molecular flexibility index (Phi) is 5.90. The molecule has 0 spiro atoms. The van der Waals surface area contributed by atoms with E-state index in [-0.39, 0.29) is 25.2 Å². The molecular formula is C22H18F3NO2. The fourth-order valence-electron chi connectivity index (χ4n) is 3.08. The Morgan fingerprint density at radius 3 is 2.25 bits per heavy atom. The Hall–Kier alpha value is -2.99. The van der Waals surface area contributed by atoms with E-state index in [1.54, 1.807) is 24.5 Å². The summed E-state index contributed by atoms with van der Waals surface area (Å²) in [5.41, 5.74) is 2.70. The lowest BCUT2D eigenvalue weighted by Gasteiger charge is -2.11. The molecule has 1 aromatic heterocycles. The molecule has 3 nitrogen and oxygen atoms in total. The lowest BCUT2D eigenvalue weighted by atomic mass is 9.95. The van der Waals surface area contributed by atoms with Crippen LogP contribution in [0.4, 0.5) is 13.2 Å². The molecule has 3 rings (SSSR count).